The Hall–Kier alpha value is -1.77. The van der Waals surface area contributed by atoms with Gasteiger partial charge in [-0.1, -0.05) is 20.8 Å². The summed E-state index contributed by atoms with van der Waals surface area (Å²) in [7, 11) is 0. The number of nitrogens with two attached hydrogens (primary N) is 1. The monoisotopic (exact) mass is 244 g/mol. The Labute approximate surface area is 108 Å². The number of ether oxygens (including phenoxy) is 1. The van der Waals surface area contributed by atoms with E-state index in [9.17, 15) is 0 Å². The largest absolute Gasteiger partial charge is 0.491 e. The van der Waals surface area contributed by atoms with E-state index >= 15 is 0 Å². The van der Waals surface area contributed by atoms with Crippen LogP contribution in [0.25, 0.3) is 10.9 Å². The molecule has 1 heterocycles. The second-order valence-electron chi connectivity index (χ2n) is 5.71. The smallest absolute Gasteiger partial charge is 0.142 e. The minimum Gasteiger partial charge on any atom is -0.491 e. The van der Waals surface area contributed by atoms with Gasteiger partial charge in [-0.15, -0.1) is 0 Å². The van der Waals surface area contributed by atoms with E-state index in [1.165, 1.54) is 0 Å². The lowest BCUT2D eigenvalue weighted by Gasteiger charge is -2.18. The average molecular weight is 244 g/mol. The van der Waals surface area contributed by atoms with Crippen LogP contribution >= 0.6 is 0 Å². The van der Waals surface area contributed by atoms with Crippen molar-refractivity contribution in [3.05, 3.63) is 30.5 Å². The molecule has 0 amide bonds. The van der Waals surface area contributed by atoms with Gasteiger partial charge in [0.2, 0.25) is 0 Å². The lowest BCUT2D eigenvalue weighted by molar-refractivity contribution is 0.244. The number of benzene rings is 1. The Morgan fingerprint density at radius 1 is 1.22 bits per heavy atom. The SMILES string of the molecule is CC(C)(C)CCOc1ccc2ncccc2c1N. The molecule has 0 fully saturated rings. The molecule has 0 bridgehead atoms. The highest BCUT2D eigenvalue weighted by molar-refractivity contribution is 5.93. The summed E-state index contributed by atoms with van der Waals surface area (Å²) in [6.45, 7) is 7.28. The van der Waals surface area contributed by atoms with Crippen molar-refractivity contribution < 1.29 is 4.74 Å². The number of hydrogen-bond donors (Lipinski definition) is 1. The standard InChI is InChI=1S/C15H20N2O/c1-15(2,3)8-10-18-13-7-6-12-11(14(13)16)5-4-9-17-12/h4-7,9H,8,10,16H2,1-3H3. The number of hydrogen-bond acceptors (Lipinski definition) is 3. The summed E-state index contributed by atoms with van der Waals surface area (Å²) >= 11 is 0. The van der Waals surface area contributed by atoms with Gasteiger partial charge in [-0.2, -0.15) is 0 Å². The molecule has 2 N–H and O–H groups in total. The van der Waals surface area contributed by atoms with Crippen LogP contribution in [0, 0.1) is 5.41 Å². The molecule has 2 aromatic rings. The first-order chi connectivity index (χ1) is 8.47. The van der Waals surface area contributed by atoms with Crippen molar-refractivity contribution in [2.75, 3.05) is 12.3 Å². The first-order valence-electron chi connectivity index (χ1n) is 6.23. The first kappa shape index (κ1) is 12.7. The van der Waals surface area contributed by atoms with Crippen LogP contribution in [0.3, 0.4) is 0 Å². The molecule has 0 saturated heterocycles. The predicted octanol–water partition coefficient (Wildman–Crippen LogP) is 3.63. The maximum absolute atomic E-state index is 6.10. The second kappa shape index (κ2) is 4.84. The normalized spacial score (nSPS) is 11.7. The summed E-state index contributed by atoms with van der Waals surface area (Å²) in [5.41, 5.74) is 7.95. The van der Waals surface area contributed by atoms with Crippen molar-refractivity contribution in [3.8, 4) is 5.75 Å². The van der Waals surface area contributed by atoms with E-state index in [0.29, 0.717) is 12.3 Å². The van der Waals surface area contributed by atoms with Crippen molar-refractivity contribution in [2.45, 2.75) is 27.2 Å². The number of rotatable bonds is 3. The predicted molar refractivity (Wildman–Crippen MR) is 75.7 cm³/mol. The number of anilines is 1. The Morgan fingerprint density at radius 2 is 2.00 bits per heavy atom. The third-order valence-corrected chi connectivity index (χ3v) is 2.90. The zero-order valence-corrected chi connectivity index (χ0v) is 11.2. The van der Waals surface area contributed by atoms with Gasteiger partial charge in [0.05, 0.1) is 17.8 Å². The summed E-state index contributed by atoms with van der Waals surface area (Å²) in [5.74, 6) is 0.750. The Bertz CT molecular complexity index is 544. The Kier molecular flexibility index (Phi) is 3.41. The summed E-state index contributed by atoms with van der Waals surface area (Å²) < 4.78 is 5.77. The molecule has 0 aliphatic carbocycles. The van der Waals surface area contributed by atoms with Gasteiger partial charge in [-0.25, -0.2) is 0 Å². The number of fused-ring (bicyclic) bond motifs is 1. The Balaban J connectivity index is 2.17. The lowest BCUT2D eigenvalue weighted by Crippen LogP contribution is -2.11. The van der Waals surface area contributed by atoms with Crippen LogP contribution in [0.4, 0.5) is 5.69 Å². The van der Waals surface area contributed by atoms with E-state index in [1.54, 1.807) is 6.20 Å². The number of pyridine rings is 1. The molecule has 1 aromatic carbocycles. The fraction of sp³-hybridized carbons (Fsp3) is 0.400. The molecule has 0 saturated carbocycles. The third-order valence-electron chi connectivity index (χ3n) is 2.90. The highest BCUT2D eigenvalue weighted by atomic mass is 16.5. The topological polar surface area (TPSA) is 48.1 Å². The third kappa shape index (κ3) is 2.92. The van der Waals surface area contributed by atoms with Gasteiger partial charge in [0.25, 0.3) is 0 Å². The molecule has 1 aromatic heterocycles. The van der Waals surface area contributed by atoms with E-state index in [-0.39, 0.29) is 5.41 Å². The van der Waals surface area contributed by atoms with Gasteiger partial charge in [-0.05, 0) is 36.1 Å². The van der Waals surface area contributed by atoms with Crippen LogP contribution in [0.1, 0.15) is 27.2 Å². The van der Waals surface area contributed by atoms with E-state index < -0.39 is 0 Å². The van der Waals surface area contributed by atoms with E-state index in [4.69, 9.17) is 10.5 Å². The van der Waals surface area contributed by atoms with Gasteiger partial charge in [0, 0.05) is 11.6 Å². The molecule has 18 heavy (non-hydrogen) atoms. The quantitative estimate of drug-likeness (QED) is 0.839. The van der Waals surface area contributed by atoms with Crippen molar-refractivity contribution in [3.63, 3.8) is 0 Å². The molecule has 0 aliphatic heterocycles. The van der Waals surface area contributed by atoms with Crippen LogP contribution in [0.15, 0.2) is 30.5 Å². The van der Waals surface area contributed by atoms with E-state index in [0.717, 1.165) is 23.1 Å². The molecule has 3 nitrogen and oxygen atoms in total. The highest BCUT2D eigenvalue weighted by Crippen LogP contribution is 2.30. The molecule has 0 radical (unpaired) electrons. The van der Waals surface area contributed by atoms with Crippen molar-refractivity contribution >= 4 is 16.6 Å². The second-order valence-corrected chi connectivity index (χ2v) is 5.71. The molecule has 2 rings (SSSR count). The van der Waals surface area contributed by atoms with E-state index in [2.05, 4.69) is 25.8 Å². The fourth-order valence-corrected chi connectivity index (χ4v) is 1.75. The molecule has 0 unspecified atom stereocenters. The van der Waals surface area contributed by atoms with E-state index in [1.807, 2.05) is 24.3 Å². The molecule has 3 heteroatoms. The first-order valence-corrected chi connectivity index (χ1v) is 6.23. The molecule has 0 spiro atoms. The summed E-state index contributed by atoms with van der Waals surface area (Å²) in [6, 6.07) is 7.69. The van der Waals surface area contributed by atoms with Gasteiger partial charge >= 0.3 is 0 Å². The van der Waals surface area contributed by atoms with Gasteiger partial charge in [0.15, 0.2) is 0 Å². The van der Waals surface area contributed by atoms with Crippen molar-refractivity contribution in [2.24, 2.45) is 5.41 Å². The summed E-state index contributed by atoms with van der Waals surface area (Å²) in [6.07, 6.45) is 2.76. The zero-order valence-electron chi connectivity index (χ0n) is 11.2. The minimum absolute atomic E-state index is 0.271. The maximum atomic E-state index is 6.10. The van der Waals surface area contributed by atoms with Crippen LogP contribution < -0.4 is 10.5 Å². The molecular weight excluding hydrogens is 224 g/mol. The summed E-state index contributed by atoms with van der Waals surface area (Å²) in [5, 5.41) is 0.950. The Morgan fingerprint density at radius 3 is 2.72 bits per heavy atom. The lowest BCUT2D eigenvalue weighted by atomic mass is 9.93. The van der Waals surface area contributed by atoms with Crippen molar-refractivity contribution in [1.82, 2.24) is 4.98 Å². The maximum Gasteiger partial charge on any atom is 0.142 e. The zero-order chi connectivity index (χ0) is 13.2. The van der Waals surface area contributed by atoms with Crippen LogP contribution in [-0.4, -0.2) is 11.6 Å². The van der Waals surface area contributed by atoms with Gasteiger partial charge < -0.3 is 10.5 Å². The van der Waals surface area contributed by atoms with Crippen LogP contribution in [0.5, 0.6) is 5.75 Å². The van der Waals surface area contributed by atoms with Crippen LogP contribution in [0.2, 0.25) is 0 Å². The van der Waals surface area contributed by atoms with Gasteiger partial charge in [0.1, 0.15) is 5.75 Å². The average Bonchev–Trinajstić information content (AvgIpc) is 2.31. The highest BCUT2D eigenvalue weighted by Gasteiger charge is 2.11. The van der Waals surface area contributed by atoms with Crippen LogP contribution in [-0.2, 0) is 0 Å². The number of aromatic nitrogens is 1. The number of nitrogen functional groups attached to an aromatic ring is 1. The molecule has 0 aliphatic rings. The minimum atomic E-state index is 0.271. The van der Waals surface area contributed by atoms with Gasteiger partial charge in [-0.3, -0.25) is 4.98 Å². The van der Waals surface area contributed by atoms with Crippen molar-refractivity contribution in [1.29, 1.82) is 0 Å². The number of nitrogens with zero attached hydrogens (tertiary/aromatic N) is 1. The summed E-state index contributed by atoms with van der Waals surface area (Å²) in [4.78, 5) is 4.27. The fourth-order valence-electron chi connectivity index (χ4n) is 1.75. The molecule has 0 atom stereocenters. The molecular formula is C15H20N2O. The molecule has 96 valence electrons.